The molecule has 0 spiro atoms. The van der Waals surface area contributed by atoms with E-state index in [0.29, 0.717) is 49.9 Å². The molecule has 258 valence electrons. The molecule has 1 aliphatic heterocycles. The number of aromatic nitrogens is 2. The van der Waals surface area contributed by atoms with Crippen LogP contribution in [0.4, 0.5) is 37.7 Å². The molecule has 4 aromatic rings. The van der Waals surface area contributed by atoms with Gasteiger partial charge in [0, 0.05) is 41.6 Å². The first kappa shape index (κ1) is 34.3. The molecule has 8 nitrogen and oxygen atoms in total. The number of nitrogens with zero attached hydrogens (tertiary/aromatic N) is 3. The van der Waals surface area contributed by atoms with Crippen LogP contribution in [0.5, 0.6) is 0 Å². The topological polar surface area (TPSA) is 86.2 Å². The van der Waals surface area contributed by atoms with Crippen LogP contribution in [0.2, 0.25) is 5.02 Å². The van der Waals surface area contributed by atoms with E-state index in [0.717, 1.165) is 11.2 Å². The van der Waals surface area contributed by atoms with E-state index in [-0.39, 0.29) is 34.4 Å². The molecule has 3 heterocycles. The van der Waals surface area contributed by atoms with Crippen molar-refractivity contribution in [3.8, 4) is 12.3 Å². The number of pyridine rings is 2. The second kappa shape index (κ2) is 12.1. The first-order valence-electron chi connectivity index (χ1n) is 15.3. The second-order valence-corrected chi connectivity index (χ2v) is 13.8. The molecule has 1 saturated carbocycles. The average molecular weight is 704 g/mol. The molecule has 1 atom stereocenters. The molecule has 0 amide bonds. The van der Waals surface area contributed by atoms with Gasteiger partial charge in [0.05, 0.1) is 33.5 Å². The lowest BCUT2D eigenvalue weighted by Gasteiger charge is -2.28. The van der Waals surface area contributed by atoms with Gasteiger partial charge in [-0.1, -0.05) is 50.4 Å². The fourth-order valence-corrected chi connectivity index (χ4v) is 6.15. The lowest BCUT2D eigenvalue weighted by Crippen LogP contribution is -2.52. The van der Waals surface area contributed by atoms with Gasteiger partial charge in [-0.15, -0.1) is 12.0 Å². The molecule has 2 aromatic heterocycles. The molecule has 0 bridgehead atoms. The monoisotopic (exact) mass is 703 g/mol. The number of halogens is 7. The second-order valence-electron chi connectivity index (χ2n) is 13.4. The Morgan fingerprint density at radius 2 is 1.82 bits per heavy atom. The Hall–Kier alpha value is -4.61. The number of terminal acetylenes is 1. The van der Waals surface area contributed by atoms with E-state index < -0.39 is 36.0 Å². The minimum absolute atomic E-state index is 0.00138. The van der Waals surface area contributed by atoms with Crippen molar-refractivity contribution in [2.75, 3.05) is 17.2 Å². The van der Waals surface area contributed by atoms with Gasteiger partial charge in [-0.3, -0.25) is 14.8 Å². The van der Waals surface area contributed by atoms with Crippen LogP contribution in [0.1, 0.15) is 50.8 Å². The molecular weight excluding hydrogens is 672 g/mol. The van der Waals surface area contributed by atoms with Crippen molar-refractivity contribution in [2.45, 2.75) is 64.1 Å². The third kappa shape index (κ3) is 6.69. The van der Waals surface area contributed by atoms with Gasteiger partial charge in [0.15, 0.2) is 5.54 Å². The normalized spacial score (nSPS) is 16.7. The van der Waals surface area contributed by atoms with Crippen LogP contribution in [-0.2, 0) is 6.54 Å². The predicted octanol–water partition coefficient (Wildman–Crippen LogP) is 7.62. The van der Waals surface area contributed by atoms with Crippen LogP contribution in [0.15, 0.2) is 65.5 Å². The van der Waals surface area contributed by atoms with Gasteiger partial charge in [-0.25, -0.2) is 0 Å². The number of hydrogen-bond donors (Lipinski definition) is 4. The fraction of sp³-hybridized carbons (Fsp3) is 0.353. The van der Waals surface area contributed by atoms with Crippen LogP contribution in [0.25, 0.3) is 21.7 Å². The Kier molecular flexibility index (Phi) is 8.44. The summed E-state index contributed by atoms with van der Waals surface area (Å²) in [6.07, 6.45) is 0.323. The maximum atomic E-state index is 14.1. The summed E-state index contributed by atoms with van der Waals surface area (Å²) < 4.78 is 82.4. The molecule has 0 unspecified atom stereocenters. The molecule has 0 radical (unpaired) electrons. The van der Waals surface area contributed by atoms with Crippen molar-refractivity contribution < 1.29 is 26.3 Å². The average Bonchev–Trinajstić information content (AvgIpc) is 3.70. The number of anilines is 2. The SMILES string of the molecule is C#Cc1cnc2c(Cl)cc(N[C@H](C3=CN(C4(C(F)(F)F)CC4)NN3)c3cccc4c(=O)n(CC(F)(F)F)ccc34)cc2c1NCC(C)(C)C. The van der Waals surface area contributed by atoms with E-state index in [1.54, 1.807) is 24.4 Å². The summed E-state index contributed by atoms with van der Waals surface area (Å²) in [5.41, 5.74) is 5.03. The third-order valence-corrected chi connectivity index (χ3v) is 8.80. The highest BCUT2D eigenvalue weighted by Crippen LogP contribution is 2.54. The third-order valence-electron chi connectivity index (χ3n) is 8.51. The van der Waals surface area contributed by atoms with E-state index in [2.05, 4.69) is 53.3 Å². The van der Waals surface area contributed by atoms with E-state index in [9.17, 15) is 31.1 Å². The van der Waals surface area contributed by atoms with Gasteiger partial charge >= 0.3 is 12.4 Å². The molecular formula is C34H32ClF6N7O. The summed E-state index contributed by atoms with van der Waals surface area (Å²) in [7, 11) is 0. The Balaban J connectivity index is 1.49. The molecule has 1 fully saturated rings. The van der Waals surface area contributed by atoms with E-state index >= 15 is 0 Å². The summed E-state index contributed by atoms with van der Waals surface area (Å²) in [6, 6.07) is 8.35. The van der Waals surface area contributed by atoms with Crippen molar-refractivity contribution in [2.24, 2.45) is 5.41 Å². The highest BCUT2D eigenvalue weighted by atomic mass is 35.5. The lowest BCUT2D eigenvalue weighted by atomic mass is 9.96. The van der Waals surface area contributed by atoms with Gasteiger partial charge in [0.25, 0.3) is 5.56 Å². The number of alkyl halides is 6. The number of benzene rings is 2. The van der Waals surface area contributed by atoms with Gasteiger partial charge in [-0.05, 0) is 53.5 Å². The first-order chi connectivity index (χ1) is 22.9. The first-order valence-corrected chi connectivity index (χ1v) is 15.7. The smallest absolute Gasteiger partial charge is 0.383 e. The van der Waals surface area contributed by atoms with Crippen molar-refractivity contribution in [3.63, 3.8) is 0 Å². The molecule has 2 aromatic carbocycles. The van der Waals surface area contributed by atoms with E-state index in [1.165, 1.54) is 24.4 Å². The summed E-state index contributed by atoms with van der Waals surface area (Å²) in [5.74, 6) is 2.64. The largest absolute Gasteiger partial charge is 0.413 e. The number of hydrazine groups is 2. The van der Waals surface area contributed by atoms with E-state index in [4.69, 9.17) is 18.0 Å². The summed E-state index contributed by atoms with van der Waals surface area (Å²) >= 11 is 6.74. The van der Waals surface area contributed by atoms with Gasteiger partial charge < -0.3 is 20.6 Å². The van der Waals surface area contributed by atoms with Crippen LogP contribution in [0.3, 0.4) is 0 Å². The minimum atomic E-state index is -4.63. The molecule has 2 aliphatic rings. The zero-order valence-corrected chi connectivity index (χ0v) is 27.3. The van der Waals surface area contributed by atoms with Crippen LogP contribution >= 0.6 is 11.6 Å². The Labute approximate surface area is 282 Å². The highest BCUT2D eigenvalue weighted by Gasteiger charge is 2.67. The van der Waals surface area contributed by atoms with Gasteiger partial charge in [0.1, 0.15) is 6.54 Å². The quantitative estimate of drug-likeness (QED) is 0.111. The number of hydrogen-bond acceptors (Lipinski definition) is 7. The number of fused-ring (bicyclic) bond motifs is 2. The summed E-state index contributed by atoms with van der Waals surface area (Å²) in [4.78, 5) is 17.7. The Morgan fingerprint density at radius 1 is 1.08 bits per heavy atom. The molecule has 4 N–H and O–H groups in total. The van der Waals surface area contributed by atoms with Crippen molar-refractivity contribution in [3.05, 3.63) is 87.2 Å². The molecule has 6 rings (SSSR count). The van der Waals surface area contributed by atoms with Crippen molar-refractivity contribution in [1.29, 1.82) is 0 Å². The van der Waals surface area contributed by atoms with Gasteiger partial charge in [0.2, 0.25) is 0 Å². The standard InChI is InChI=1S/C34H32ClF6N7O/c1-5-19-15-42-28-24(27(19)43-17-31(2,3)4)13-20(14-25(28)35)44-29(26-16-48(46-45-26)32(10-11-32)34(39,40)41)22-7-6-8-23-21(22)9-12-47(30(23)49)18-33(36,37)38/h1,6-9,12-16,29,44-46H,10-11,17-18H2,2-4H3,(H,42,43)/t29-/m0/s1. The number of rotatable bonds is 8. The van der Waals surface area contributed by atoms with Crippen LogP contribution < -0.4 is 27.2 Å². The number of nitrogens with one attached hydrogen (secondary N) is 4. The lowest BCUT2D eigenvalue weighted by molar-refractivity contribution is -0.195. The predicted molar refractivity (Wildman–Crippen MR) is 177 cm³/mol. The van der Waals surface area contributed by atoms with E-state index in [1.807, 2.05) is 0 Å². The fourth-order valence-electron chi connectivity index (χ4n) is 5.88. The Morgan fingerprint density at radius 3 is 2.45 bits per heavy atom. The maximum absolute atomic E-state index is 14.1. The zero-order valence-electron chi connectivity index (χ0n) is 26.6. The zero-order chi connectivity index (χ0) is 35.5. The maximum Gasteiger partial charge on any atom is 0.413 e. The summed E-state index contributed by atoms with van der Waals surface area (Å²) in [6.45, 7) is 5.23. The molecule has 15 heteroatoms. The van der Waals surface area contributed by atoms with Crippen LogP contribution in [-0.4, -0.2) is 39.0 Å². The van der Waals surface area contributed by atoms with Crippen molar-refractivity contribution in [1.82, 2.24) is 25.5 Å². The minimum Gasteiger partial charge on any atom is -0.383 e. The van der Waals surface area contributed by atoms with Gasteiger partial charge in [-0.2, -0.15) is 26.3 Å². The van der Waals surface area contributed by atoms with Crippen LogP contribution in [0, 0.1) is 17.8 Å². The summed E-state index contributed by atoms with van der Waals surface area (Å²) in [5, 5.41) is 8.87. The molecule has 0 saturated heterocycles. The highest BCUT2D eigenvalue weighted by molar-refractivity contribution is 6.35. The molecule has 49 heavy (non-hydrogen) atoms. The van der Waals surface area contributed by atoms with Crippen molar-refractivity contribution >= 4 is 44.7 Å². The molecule has 1 aliphatic carbocycles. The Bertz CT molecular complexity index is 2070.